The number of fused-ring (bicyclic) bond motifs is 1. The standard InChI is InChI=1S/C8H5ClN2O2S/c9-4-2-1-3-5(10)6(8(12)13)14-7(3)11-4/h1-2H,10H2,(H,12,13). The monoisotopic (exact) mass is 228 g/mol. The summed E-state index contributed by atoms with van der Waals surface area (Å²) in [5, 5.41) is 9.77. The van der Waals surface area contributed by atoms with Gasteiger partial charge in [-0.15, -0.1) is 11.3 Å². The minimum atomic E-state index is -1.04. The molecule has 0 aliphatic rings. The van der Waals surface area contributed by atoms with Crippen LogP contribution in [0, 0.1) is 0 Å². The summed E-state index contributed by atoms with van der Waals surface area (Å²) in [4.78, 5) is 15.4. The van der Waals surface area contributed by atoms with Crippen LogP contribution in [0.25, 0.3) is 10.2 Å². The second-order valence-electron chi connectivity index (χ2n) is 2.64. The number of hydrogen-bond donors (Lipinski definition) is 2. The minimum Gasteiger partial charge on any atom is -0.477 e. The lowest BCUT2D eigenvalue weighted by Crippen LogP contribution is -1.96. The van der Waals surface area contributed by atoms with Crippen LogP contribution in [0.3, 0.4) is 0 Å². The van der Waals surface area contributed by atoms with Gasteiger partial charge in [0.2, 0.25) is 0 Å². The Hall–Kier alpha value is -1.33. The van der Waals surface area contributed by atoms with E-state index in [1.807, 2.05) is 0 Å². The highest BCUT2D eigenvalue weighted by molar-refractivity contribution is 7.21. The van der Waals surface area contributed by atoms with Gasteiger partial charge in [0, 0.05) is 5.39 Å². The molecule has 4 nitrogen and oxygen atoms in total. The molecule has 0 saturated carbocycles. The molecule has 0 aromatic carbocycles. The van der Waals surface area contributed by atoms with Crippen LogP contribution in [0.1, 0.15) is 9.67 Å². The molecule has 2 aromatic rings. The number of nitrogen functional groups attached to an aromatic ring is 1. The highest BCUT2D eigenvalue weighted by Crippen LogP contribution is 2.32. The molecule has 0 aliphatic carbocycles. The predicted molar refractivity (Wildman–Crippen MR) is 56.0 cm³/mol. The molecule has 2 rings (SSSR count). The van der Waals surface area contributed by atoms with E-state index in [2.05, 4.69) is 4.98 Å². The van der Waals surface area contributed by atoms with E-state index < -0.39 is 5.97 Å². The van der Waals surface area contributed by atoms with Crippen molar-refractivity contribution in [1.29, 1.82) is 0 Å². The molecule has 6 heteroatoms. The van der Waals surface area contributed by atoms with Crippen molar-refractivity contribution < 1.29 is 9.90 Å². The van der Waals surface area contributed by atoms with Crippen molar-refractivity contribution in [2.24, 2.45) is 0 Å². The Morgan fingerprint density at radius 3 is 2.93 bits per heavy atom. The maximum Gasteiger partial charge on any atom is 0.348 e. The van der Waals surface area contributed by atoms with Gasteiger partial charge in [-0.3, -0.25) is 0 Å². The van der Waals surface area contributed by atoms with Crippen LogP contribution in [0.4, 0.5) is 5.69 Å². The van der Waals surface area contributed by atoms with Gasteiger partial charge in [-0.1, -0.05) is 11.6 Å². The third-order valence-corrected chi connectivity index (χ3v) is 3.07. The van der Waals surface area contributed by atoms with E-state index in [0.717, 1.165) is 11.3 Å². The van der Waals surface area contributed by atoms with E-state index in [4.69, 9.17) is 22.4 Å². The number of carbonyl (C=O) groups is 1. The lowest BCUT2D eigenvalue weighted by atomic mass is 10.3. The molecular formula is C8H5ClN2O2S. The first-order chi connectivity index (χ1) is 6.59. The molecule has 2 heterocycles. The molecule has 0 unspecified atom stereocenters. The van der Waals surface area contributed by atoms with E-state index in [-0.39, 0.29) is 10.6 Å². The van der Waals surface area contributed by atoms with Crippen LogP contribution >= 0.6 is 22.9 Å². The third-order valence-electron chi connectivity index (χ3n) is 1.75. The van der Waals surface area contributed by atoms with Gasteiger partial charge < -0.3 is 10.8 Å². The Morgan fingerprint density at radius 1 is 1.57 bits per heavy atom. The van der Waals surface area contributed by atoms with Gasteiger partial charge in [-0.05, 0) is 12.1 Å². The molecule has 0 radical (unpaired) electrons. The molecule has 0 amide bonds. The number of nitrogens with two attached hydrogens (primary N) is 1. The average molecular weight is 229 g/mol. The summed E-state index contributed by atoms with van der Waals surface area (Å²) in [7, 11) is 0. The number of aromatic nitrogens is 1. The Balaban J connectivity index is 2.79. The number of thiophene rings is 1. The molecule has 0 atom stereocenters. The van der Waals surface area contributed by atoms with Crippen LogP contribution in [0.15, 0.2) is 12.1 Å². The fraction of sp³-hybridized carbons (Fsp3) is 0. The zero-order valence-corrected chi connectivity index (χ0v) is 8.39. The fourth-order valence-electron chi connectivity index (χ4n) is 1.13. The van der Waals surface area contributed by atoms with Crippen molar-refractivity contribution in [3.63, 3.8) is 0 Å². The van der Waals surface area contributed by atoms with E-state index in [1.54, 1.807) is 12.1 Å². The highest BCUT2D eigenvalue weighted by atomic mass is 35.5. The summed E-state index contributed by atoms with van der Waals surface area (Å²) >= 11 is 6.69. The van der Waals surface area contributed by atoms with Gasteiger partial charge in [-0.2, -0.15) is 0 Å². The van der Waals surface area contributed by atoms with Gasteiger partial charge in [-0.25, -0.2) is 9.78 Å². The molecule has 0 spiro atoms. The van der Waals surface area contributed by atoms with E-state index >= 15 is 0 Å². The zero-order chi connectivity index (χ0) is 10.3. The summed E-state index contributed by atoms with van der Waals surface area (Å²) in [6.45, 7) is 0. The summed E-state index contributed by atoms with van der Waals surface area (Å²) in [6, 6.07) is 3.25. The first-order valence-corrected chi connectivity index (χ1v) is 4.87. The number of nitrogens with zero attached hydrogens (tertiary/aromatic N) is 1. The number of pyridine rings is 1. The van der Waals surface area contributed by atoms with Crippen LogP contribution in [-0.4, -0.2) is 16.1 Å². The number of halogens is 1. The molecule has 0 fully saturated rings. The maximum absolute atomic E-state index is 10.7. The first kappa shape index (κ1) is 9.23. The number of aromatic carboxylic acids is 1. The summed E-state index contributed by atoms with van der Waals surface area (Å²) in [5.74, 6) is -1.04. The number of carboxylic acid groups (broad SMARTS) is 1. The van der Waals surface area contributed by atoms with Gasteiger partial charge in [0.25, 0.3) is 0 Å². The highest BCUT2D eigenvalue weighted by Gasteiger charge is 2.15. The quantitative estimate of drug-likeness (QED) is 0.734. The van der Waals surface area contributed by atoms with Crippen LogP contribution in [0.2, 0.25) is 5.15 Å². The number of hydrogen-bond acceptors (Lipinski definition) is 4. The molecule has 72 valence electrons. The topological polar surface area (TPSA) is 76.2 Å². The van der Waals surface area contributed by atoms with Crippen LogP contribution in [-0.2, 0) is 0 Å². The molecular weight excluding hydrogens is 224 g/mol. The van der Waals surface area contributed by atoms with Crippen molar-refractivity contribution in [2.75, 3.05) is 5.73 Å². The predicted octanol–water partition coefficient (Wildman–Crippen LogP) is 2.23. The second kappa shape index (κ2) is 3.11. The van der Waals surface area contributed by atoms with Crippen molar-refractivity contribution in [1.82, 2.24) is 4.98 Å². The summed E-state index contributed by atoms with van der Waals surface area (Å²) in [5.41, 5.74) is 5.89. The molecule has 0 bridgehead atoms. The van der Waals surface area contributed by atoms with E-state index in [9.17, 15) is 4.79 Å². The summed E-state index contributed by atoms with van der Waals surface area (Å²) in [6.07, 6.45) is 0. The Kier molecular flexibility index (Phi) is 2.05. The van der Waals surface area contributed by atoms with Crippen molar-refractivity contribution in [3.8, 4) is 0 Å². The lowest BCUT2D eigenvalue weighted by Gasteiger charge is -1.91. The van der Waals surface area contributed by atoms with Crippen LogP contribution < -0.4 is 5.73 Å². The van der Waals surface area contributed by atoms with Crippen molar-refractivity contribution >= 4 is 44.8 Å². The number of carboxylic acids is 1. The largest absolute Gasteiger partial charge is 0.477 e. The Morgan fingerprint density at radius 2 is 2.29 bits per heavy atom. The van der Waals surface area contributed by atoms with Gasteiger partial charge >= 0.3 is 5.97 Å². The van der Waals surface area contributed by atoms with E-state index in [0.29, 0.717) is 15.4 Å². The second-order valence-corrected chi connectivity index (χ2v) is 4.02. The molecule has 14 heavy (non-hydrogen) atoms. The first-order valence-electron chi connectivity index (χ1n) is 3.67. The van der Waals surface area contributed by atoms with Gasteiger partial charge in [0.1, 0.15) is 14.9 Å². The molecule has 0 aliphatic heterocycles. The lowest BCUT2D eigenvalue weighted by molar-refractivity contribution is 0.0703. The van der Waals surface area contributed by atoms with Crippen molar-refractivity contribution in [2.45, 2.75) is 0 Å². The smallest absolute Gasteiger partial charge is 0.348 e. The SMILES string of the molecule is Nc1c(C(=O)O)sc2nc(Cl)ccc12. The normalized spacial score (nSPS) is 10.6. The zero-order valence-electron chi connectivity index (χ0n) is 6.82. The minimum absolute atomic E-state index is 0.106. The van der Waals surface area contributed by atoms with E-state index in [1.165, 1.54) is 0 Å². The van der Waals surface area contributed by atoms with Gasteiger partial charge in [0.15, 0.2) is 0 Å². The average Bonchev–Trinajstić information content (AvgIpc) is 2.43. The molecule has 2 aromatic heterocycles. The molecule has 0 saturated heterocycles. The van der Waals surface area contributed by atoms with Gasteiger partial charge in [0.05, 0.1) is 5.69 Å². The maximum atomic E-state index is 10.7. The summed E-state index contributed by atoms with van der Waals surface area (Å²) < 4.78 is 0. The third kappa shape index (κ3) is 1.30. The Labute approximate surface area is 87.9 Å². The fourth-order valence-corrected chi connectivity index (χ4v) is 2.26. The Bertz CT molecular complexity index is 523. The number of rotatable bonds is 1. The van der Waals surface area contributed by atoms with Crippen LogP contribution in [0.5, 0.6) is 0 Å². The molecule has 3 N–H and O–H groups in total. The number of anilines is 1. The van der Waals surface area contributed by atoms with Crippen molar-refractivity contribution in [3.05, 3.63) is 22.2 Å².